The number of anilines is 1. The Morgan fingerprint density at radius 2 is 1.76 bits per heavy atom. The fourth-order valence-electron chi connectivity index (χ4n) is 3.82. The van der Waals surface area contributed by atoms with Crippen molar-refractivity contribution in [2.75, 3.05) is 5.32 Å². The van der Waals surface area contributed by atoms with E-state index in [1.165, 1.54) is 6.07 Å². The Hall–Kier alpha value is -2.79. The molecule has 1 unspecified atom stereocenters. The van der Waals surface area contributed by atoms with E-state index in [9.17, 15) is 18.0 Å². The van der Waals surface area contributed by atoms with Gasteiger partial charge in [0.15, 0.2) is 0 Å². The average Bonchev–Trinajstić information content (AvgIpc) is 2.91. The molecular weight excluding hydrogens is 399 g/mol. The number of alkyl halides is 3. The van der Waals surface area contributed by atoms with Crippen LogP contribution in [0.15, 0.2) is 66.7 Å². The zero-order valence-corrected chi connectivity index (χ0v) is 16.2. The molecule has 0 saturated carbocycles. The number of hydrogen-bond acceptors (Lipinski definition) is 1. The number of halogens is 4. The van der Waals surface area contributed by atoms with Gasteiger partial charge in [-0.05, 0) is 48.2 Å². The van der Waals surface area contributed by atoms with E-state index in [2.05, 4.69) is 5.32 Å². The van der Waals surface area contributed by atoms with Crippen LogP contribution in [0.3, 0.4) is 0 Å². The van der Waals surface area contributed by atoms with Crippen LogP contribution >= 0.6 is 11.6 Å². The van der Waals surface area contributed by atoms with Crippen molar-refractivity contribution >= 4 is 23.2 Å². The van der Waals surface area contributed by atoms with Gasteiger partial charge in [-0.15, -0.1) is 0 Å². The first-order valence-electron chi connectivity index (χ1n) is 9.05. The Morgan fingerprint density at radius 1 is 1.00 bits per heavy atom. The third-order valence-electron chi connectivity index (χ3n) is 5.36. The monoisotopic (exact) mass is 415 g/mol. The normalized spacial score (nSPS) is 18.4. The topological polar surface area (TPSA) is 29.1 Å². The molecule has 29 heavy (non-hydrogen) atoms. The molecule has 0 aliphatic carbocycles. The van der Waals surface area contributed by atoms with Crippen LogP contribution < -0.4 is 5.32 Å². The number of carbonyl (C=O) groups excluding carboxylic acids is 1. The average molecular weight is 416 g/mol. The summed E-state index contributed by atoms with van der Waals surface area (Å²) in [5.74, 6) is -0.235. The van der Waals surface area contributed by atoms with E-state index in [1.54, 1.807) is 19.1 Å². The van der Waals surface area contributed by atoms with Gasteiger partial charge in [0, 0.05) is 16.3 Å². The van der Waals surface area contributed by atoms with Crippen molar-refractivity contribution in [2.24, 2.45) is 0 Å². The molecule has 1 aliphatic rings. The first-order valence-corrected chi connectivity index (χ1v) is 9.43. The summed E-state index contributed by atoms with van der Waals surface area (Å²) in [5, 5.41) is 3.48. The third kappa shape index (κ3) is 3.51. The molecule has 6 heteroatoms. The van der Waals surface area contributed by atoms with Crippen LogP contribution in [0.25, 0.3) is 11.1 Å². The van der Waals surface area contributed by atoms with E-state index >= 15 is 0 Å². The Bertz CT molecular complexity index is 1110. The lowest BCUT2D eigenvalue weighted by atomic mass is 9.78. The van der Waals surface area contributed by atoms with Gasteiger partial charge in [-0.1, -0.05) is 60.1 Å². The van der Waals surface area contributed by atoms with Crippen molar-refractivity contribution in [3.8, 4) is 11.1 Å². The summed E-state index contributed by atoms with van der Waals surface area (Å²) >= 11 is 6.27. The maximum absolute atomic E-state index is 13.0. The minimum atomic E-state index is -4.42. The first kappa shape index (κ1) is 19.5. The molecule has 3 aromatic carbocycles. The molecule has 1 atom stereocenters. The molecule has 3 aromatic rings. The molecular formula is C23H17ClF3NO. The number of nitrogens with one attached hydrogen (secondary N) is 1. The highest BCUT2D eigenvalue weighted by atomic mass is 35.5. The number of rotatable bonds is 3. The molecule has 0 radical (unpaired) electrons. The molecule has 0 bridgehead atoms. The van der Waals surface area contributed by atoms with Crippen LogP contribution in [-0.2, 0) is 22.8 Å². The summed E-state index contributed by atoms with van der Waals surface area (Å²) in [4.78, 5) is 12.8. The van der Waals surface area contributed by atoms with E-state index in [-0.39, 0.29) is 12.3 Å². The van der Waals surface area contributed by atoms with Crippen molar-refractivity contribution in [1.82, 2.24) is 0 Å². The largest absolute Gasteiger partial charge is 0.416 e. The van der Waals surface area contributed by atoms with Crippen LogP contribution in [0.1, 0.15) is 23.6 Å². The van der Waals surface area contributed by atoms with E-state index in [1.807, 2.05) is 36.4 Å². The van der Waals surface area contributed by atoms with Gasteiger partial charge < -0.3 is 5.32 Å². The van der Waals surface area contributed by atoms with E-state index < -0.39 is 17.2 Å². The SMILES string of the molecule is CC1(Cc2cccc(C(F)(F)F)c2)C(=O)Nc2cc(-c3ccccc3Cl)ccc21. The van der Waals surface area contributed by atoms with E-state index in [4.69, 9.17) is 11.6 Å². The summed E-state index contributed by atoms with van der Waals surface area (Å²) in [6.07, 6.45) is -4.25. The Labute approximate surface area is 171 Å². The van der Waals surface area contributed by atoms with Crippen LogP contribution in [0, 0.1) is 0 Å². The zero-order valence-electron chi connectivity index (χ0n) is 15.5. The van der Waals surface area contributed by atoms with Crippen molar-refractivity contribution in [3.63, 3.8) is 0 Å². The van der Waals surface area contributed by atoms with Gasteiger partial charge in [-0.3, -0.25) is 4.79 Å². The quantitative estimate of drug-likeness (QED) is 0.521. The van der Waals surface area contributed by atoms with Crippen LogP contribution in [0.5, 0.6) is 0 Å². The highest BCUT2D eigenvalue weighted by Gasteiger charge is 2.43. The minimum absolute atomic E-state index is 0.168. The first-order chi connectivity index (χ1) is 13.7. The summed E-state index contributed by atoms with van der Waals surface area (Å²) in [6, 6.07) is 18.1. The van der Waals surface area contributed by atoms with Crippen LogP contribution in [0.2, 0.25) is 5.02 Å². The molecule has 0 spiro atoms. The molecule has 148 valence electrons. The Balaban J connectivity index is 1.71. The molecule has 4 rings (SSSR count). The van der Waals surface area contributed by atoms with Gasteiger partial charge in [-0.2, -0.15) is 13.2 Å². The minimum Gasteiger partial charge on any atom is -0.325 e. The molecule has 1 heterocycles. The van der Waals surface area contributed by atoms with Gasteiger partial charge in [0.25, 0.3) is 0 Å². The summed E-state index contributed by atoms with van der Waals surface area (Å²) in [6.45, 7) is 1.75. The lowest BCUT2D eigenvalue weighted by Gasteiger charge is -2.23. The van der Waals surface area contributed by atoms with E-state index in [0.29, 0.717) is 16.3 Å². The second-order valence-electron chi connectivity index (χ2n) is 7.40. The molecule has 2 nitrogen and oxygen atoms in total. The van der Waals surface area contributed by atoms with Gasteiger partial charge in [0.05, 0.1) is 11.0 Å². The lowest BCUT2D eigenvalue weighted by Crippen LogP contribution is -2.33. The predicted molar refractivity (Wildman–Crippen MR) is 108 cm³/mol. The molecule has 1 aliphatic heterocycles. The molecule has 0 saturated heterocycles. The highest BCUT2D eigenvalue weighted by Crippen LogP contribution is 2.43. The number of carbonyl (C=O) groups is 1. The number of hydrogen-bond donors (Lipinski definition) is 1. The van der Waals surface area contributed by atoms with Crippen LogP contribution in [-0.4, -0.2) is 5.91 Å². The molecule has 0 fully saturated rings. The van der Waals surface area contributed by atoms with Crippen molar-refractivity contribution in [2.45, 2.75) is 24.9 Å². The summed E-state index contributed by atoms with van der Waals surface area (Å²) in [7, 11) is 0. The van der Waals surface area contributed by atoms with Crippen molar-refractivity contribution < 1.29 is 18.0 Å². The molecule has 1 N–H and O–H groups in total. The van der Waals surface area contributed by atoms with Crippen molar-refractivity contribution in [1.29, 1.82) is 0 Å². The fraction of sp³-hybridized carbons (Fsp3) is 0.174. The fourth-order valence-corrected chi connectivity index (χ4v) is 4.06. The third-order valence-corrected chi connectivity index (χ3v) is 5.69. The van der Waals surface area contributed by atoms with Gasteiger partial charge in [-0.25, -0.2) is 0 Å². The summed E-state index contributed by atoms with van der Waals surface area (Å²) in [5.41, 5.74) is 1.90. The maximum atomic E-state index is 13.0. The predicted octanol–water partition coefficient (Wildman–Crippen LogP) is 6.48. The Morgan fingerprint density at radius 3 is 2.48 bits per heavy atom. The number of amides is 1. The van der Waals surface area contributed by atoms with Gasteiger partial charge in [0.1, 0.15) is 0 Å². The van der Waals surface area contributed by atoms with Crippen LogP contribution in [0.4, 0.5) is 18.9 Å². The number of benzene rings is 3. The maximum Gasteiger partial charge on any atom is 0.416 e. The van der Waals surface area contributed by atoms with Crippen molar-refractivity contribution in [3.05, 3.63) is 88.4 Å². The summed E-state index contributed by atoms with van der Waals surface area (Å²) < 4.78 is 39.1. The smallest absolute Gasteiger partial charge is 0.325 e. The lowest BCUT2D eigenvalue weighted by molar-refractivity contribution is -0.137. The second-order valence-corrected chi connectivity index (χ2v) is 7.81. The molecule has 0 aromatic heterocycles. The second kappa shape index (κ2) is 6.92. The van der Waals surface area contributed by atoms with Gasteiger partial charge >= 0.3 is 6.18 Å². The molecule has 1 amide bonds. The zero-order chi connectivity index (χ0) is 20.8. The van der Waals surface area contributed by atoms with E-state index in [0.717, 1.165) is 28.8 Å². The van der Waals surface area contributed by atoms with Gasteiger partial charge in [0.2, 0.25) is 5.91 Å². The standard InChI is InChI=1S/C23H17ClF3NO/c1-22(13-14-5-4-6-16(11-14)23(25,26)27)18-10-9-15(12-20(18)28-21(22)29)17-7-2-3-8-19(17)24/h2-12H,13H2,1H3,(H,28,29). The Kier molecular flexibility index (Phi) is 4.66. The highest BCUT2D eigenvalue weighted by molar-refractivity contribution is 6.33. The number of fused-ring (bicyclic) bond motifs is 1.